The lowest BCUT2D eigenvalue weighted by Gasteiger charge is -2.19. The summed E-state index contributed by atoms with van der Waals surface area (Å²) in [5, 5.41) is 8.23. The number of rotatable bonds is 3. The Labute approximate surface area is 159 Å². The predicted molar refractivity (Wildman–Crippen MR) is 108 cm³/mol. The molecule has 0 unspecified atom stereocenters. The molecule has 1 heterocycles. The molecule has 6 heteroatoms. The first-order chi connectivity index (χ1) is 12.1. The Balaban J connectivity index is 1.74. The Bertz CT molecular complexity index is 634. The van der Waals surface area contributed by atoms with Crippen molar-refractivity contribution in [2.45, 2.75) is 70.8 Å². The van der Waals surface area contributed by atoms with Gasteiger partial charge in [0.05, 0.1) is 12.7 Å². The van der Waals surface area contributed by atoms with Gasteiger partial charge in [-0.3, -0.25) is 0 Å². The van der Waals surface area contributed by atoms with E-state index < -0.39 is 0 Å². The van der Waals surface area contributed by atoms with Gasteiger partial charge in [0, 0.05) is 10.9 Å². The number of esters is 1. The highest BCUT2D eigenvalue weighted by molar-refractivity contribution is 7.80. The molecule has 1 aromatic heterocycles. The molecular formula is C19H28N2O2S2. The molecule has 1 atom stereocenters. The first-order valence-electron chi connectivity index (χ1n) is 9.38. The van der Waals surface area contributed by atoms with E-state index in [0.717, 1.165) is 29.8 Å². The van der Waals surface area contributed by atoms with Crippen molar-refractivity contribution in [1.29, 1.82) is 0 Å². The summed E-state index contributed by atoms with van der Waals surface area (Å²) in [6.45, 7) is 2.27. The molecule has 1 aromatic rings. The van der Waals surface area contributed by atoms with Gasteiger partial charge in [0.15, 0.2) is 5.11 Å². The van der Waals surface area contributed by atoms with Gasteiger partial charge < -0.3 is 15.4 Å². The molecular weight excluding hydrogens is 352 g/mol. The van der Waals surface area contributed by atoms with Crippen molar-refractivity contribution in [2.75, 3.05) is 12.4 Å². The van der Waals surface area contributed by atoms with Crippen molar-refractivity contribution in [3.05, 3.63) is 16.0 Å². The van der Waals surface area contributed by atoms with Gasteiger partial charge in [0.25, 0.3) is 0 Å². The fraction of sp³-hybridized carbons (Fsp3) is 0.684. The zero-order chi connectivity index (χ0) is 17.8. The first kappa shape index (κ1) is 18.6. The van der Waals surface area contributed by atoms with E-state index in [0.29, 0.717) is 22.6 Å². The van der Waals surface area contributed by atoms with Crippen LogP contribution in [-0.2, 0) is 17.6 Å². The van der Waals surface area contributed by atoms with Crippen molar-refractivity contribution in [3.63, 3.8) is 0 Å². The van der Waals surface area contributed by atoms with Gasteiger partial charge >= 0.3 is 5.97 Å². The number of carbonyl (C=O) groups is 1. The van der Waals surface area contributed by atoms with Crippen LogP contribution in [0.4, 0.5) is 5.00 Å². The van der Waals surface area contributed by atoms with Gasteiger partial charge in [-0.2, -0.15) is 0 Å². The van der Waals surface area contributed by atoms with Crippen LogP contribution in [0.15, 0.2) is 0 Å². The lowest BCUT2D eigenvalue weighted by Crippen LogP contribution is -2.37. The molecule has 138 valence electrons. The summed E-state index contributed by atoms with van der Waals surface area (Å²) < 4.78 is 5.04. The van der Waals surface area contributed by atoms with Crippen LogP contribution in [0.2, 0.25) is 0 Å². The summed E-state index contributed by atoms with van der Waals surface area (Å²) in [7, 11) is 1.45. The number of nitrogens with one attached hydrogen (secondary N) is 2. The van der Waals surface area contributed by atoms with Crippen molar-refractivity contribution in [1.82, 2.24) is 5.32 Å². The van der Waals surface area contributed by atoms with Crippen LogP contribution < -0.4 is 10.6 Å². The molecule has 0 aliphatic heterocycles. The monoisotopic (exact) mass is 380 g/mol. The lowest BCUT2D eigenvalue weighted by molar-refractivity contribution is 0.0601. The summed E-state index contributed by atoms with van der Waals surface area (Å²) in [5.41, 5.74) is 1.86. The highest BCUT2D eigenvalue weighted by Crippen LogP contribution is 2.40. The molecule has 3 rings (SSSR count). The number of hydrogen-bond donors (Lipinski definition) is 2. The highest BCUT2D eigenvalue weighted by atomic mass is 32.1. The summed E-state index contributed by atoms with van der Waals surface area (Å²) in [4.78, 5) is 13.7. The zero-order valence-electron chi connectivity index (χ0n) is 15.2. The molecule has 0 bridgehead atoms. The van der Waals surface area contributed by atoms with E-state index in [2.05, 4.69) is 17.6 Å². The minimum atomic E-state index is -0.258. The fourth-order valence-electron chi connectivity index (χ4n) is 3.91. The van der Waals surface area contributed by atoms with E-state index in [1.54, 1.807) is 11.3 Å². The average Bonchev–Trinajstić information content (AvgIpc) is 2.75. The normalized spacial score (nSPS) is 21.1. The van der Waals surface area contributed by atoms with Gasteiger partial charge in [-0.1, -0.05) is 32.6 Å². The molecule has 2 aliphatic carbocycles. The van der Waals surface area contributed by atoms with E-state index >= 15 is 0 Å². The molecule has 4 nitrogen and oxygen atoms in total. The number of methoxy groups -OCH3 is 1. The predicted octanol–water partition coefficient (Wildman–Crippen LogP) is 4.67. The van der Waals surface area contributed by atoms with Gasteiger partial charge in [-0.25, -0.2) is 4.79 Å². The van der Waals surface area contributed by atoms with Crippen LogP contribution in [-0.4, -0.2) is 24.2 Å². The quantitative estimate of drug-likeness (QED) is 0.453. The summed E-state index contributed by atoms with van der Waals surface area (Å²) >= 11 is 7.20. The van der Waals surface area contributed by atoms with E-state index in [4.69, 9.17) is 17.0 Å². The van der Waals surface area contributed by atoms with Gasteiger partial charge in [0.2, 0.25) is 0 Å². The summed E-state index contributed by atoms with van der Waals surface area (Å²) in [6, 6.07) is 0.443. The third-order valence-corrected chi connectivity index (χ3v) is 6.71. The van der Waals surface area contributed by atoms with Crippen molar-refractivity contribution in [2.24, 2.45) is 5.92 Å². The Morgan fingerprint density at radius 3 is 2.60 bits per heavy atom. The zero-order valence-corrected chi connectivity index (χ0v) is 16.8. The van der Waals surface area contributed by atoms with E-state index in [1.165, 1.54) is 50.5 Å². The van der Waals surface area contributed by atoms with Crippen molar-refractivity contribution >= 4 is 39.6 Å². The van der Waals surface area contributed by atoms with Crippen molar-refractivity contribution in [3.8, 4) is 0 Å². The standard InChI is InChI=1S/C19H28N2O2S2/c1-12-9-10-14-15(11-12)25-17(16(14)18(22)23-2)21-19(24)20-13-7-5-3-4-6-8-13/h12-13H,3-11H2,1-2H3,(H2,20,21,24)/t12-/m1/s1. The Morgan fingerprint density at radius 2 is 1.92 bits per heavy atom. The second kappa shape index (κ2) is 8.49. The van der Waals surface area contributed by atoms with Gasteiger partial charge in [0.1, 0.15) is 5.00 Å². The number of thiocarbonyl (C=S) groups is 1. The fourth-order valence-corrected chi connectivity index (χ4v) is 5.64. The van der Waals surface area contributed by atoms with Crippen LogP contribution in [0.3, 0.4) is 0 Å². The van der Waals surface area contributed by atoms with Crippen LogP contribution in [0.25, 0.3) is 0 Å². The molecule has 2 N–H and O–H groups in total. The minimum Gasteiger partial charge on any atom is -0.465 e. The van der Waals surface area contributed by atoms with Crippen LogP contribution in [0.1, 0.15) is 72.7 Å². The van der Waals surface area contributed by atoms with Crippen LogP contribution >= 0.6 is 23.6 Å². The van der Waals surface area contributed by atoms with Crippen LogP contribution in [0, 0.1) is 5.92 Å². The maximum atomic E-state index is 12.3. The second-order valence-corrected chi connectivity index (χ2v) is 8.85. The van der Waals surface area contributed by atoms with E-state index in [1.807, 2.05) is 0 Å². The van der Waals surface area contributed by atoms with Crippen molar-refractivity contribution < 1.29 is 9.53 Å². The lowest BCUT2D eigenvalue weighted by atomic mass is 9.88. The number of hydrogen-bond acceptors (Lipinski definition) is 4. The first-order valence-corrected chi connectivity index (χ1v) is 10.6. The molecule has 0 spiro atoms. The number of ether oxygens (including phenoxy) is 1. The largest absolute Gasteiger partial charge is 0.465 e. The number of fused-ring (bicyclic) bond motifs is 1. The average molecular weight is 381 g/mol. The molecule has 0 amide bonds. The van der Waals surface area contributed by atoms with Gasteiger partial charge in [-0.05, 0) is 55.8 Å². The molecule has 1 fully saturated rings. The maximum Gasteiger partial charge on any atom is 0.341 e. The van der Waals surface area contributed by atoms with E-state index in [9.17, 15) is 4.79 Å². The molecule has 0 radical (unpaired) electrons. The molecule has 2 aliphatic rings. The highest BCUT2D eigenvalue weighted by Gasteiger charge is 2.28. The van der Waals surface area contributed by atoms with E-state index in [-0.39, 0.29) is 5.97 Å². The number of carbonyl (C=O) groups excluding carboxylic acids is 1. The van der Waals surface area contributed by atoms with Gasteiger partial charge in [-0.15, -0.1) is 11.3 Å². The third-order valence-electron chi connectivity index (χ3n) is 5.32. The Hall–Kier alpha value is -1.14. The molecule has 0 aromatic carbocycles. The maximum absolute atomic E-state index is 12.3. The summed E-state index contributed by atoms with van der Waals surface area (Å²) in [5.74, 6) is 0.410. The molecule has 0 saturated heterocycles. The Kier molecular flexibility index (Phi) is 6.34. The topological polar surface area (TPSA) is 50.4 Å². The Morgan fingerprint density at radius 1 is 1.20 bits per heavy atom. The third kappa shape index (κ3) is 4.53. The SMILES string of the molecule is COC(=O)c1c(NC(=S)NC2CCCCCC2)sc2c1CC[C@@H](C)C2. The smallest absolute Gasteiger partial charge is 0.341 e. The minimum absolute atomic E-state index is 0.258. The number of thiophene rings is 1. The molecule has 1 saturated carbocycles. The molecule has 25 heavy (non-hydrogen) atoms. The summed E-state index contributed by atoms with van der Waals surface area (Å²) in [6.07, 6.45) is 10.6. The second-order valence-electron chi connectivity index (χ2n) is 7.33. The van der Waals surface area contributed by atoms with Crippen LogP contribution in [0.5, 0.6) is 0 Å². The number of anilines is 1.